The van der Waals surface area contributed by atoms with Crippen molar-refractivity contribution in [3.63, 3.8) is 0 Å². The second-order valence-electron chi connectivity index (χ2n) is 8.91. The van der Waals surface area contributed by atoms with Crippen molar-refractivity contribution in [1.29, 1.82) is 0 Å². The molecule has 34 heavy (non-hydrogen) atoms. The lowest BCUT2D eigenvalue weighted by Gasteiger charge is -2.33. The van der Waals surface area contributed by atoms with Gasteiger partial charge in [-0.1, -0.05) is 60.7 Å². The van der Waals surface area contributed by atoms with Crippen molar-refractivity contribution in [3.05, 3.63) is 103 Å². The van der Waals surface area contributed by atoms with Gasteiger partial charge < -0.3 is 13.9 Å². The molecule has 0 N–H and O–H groups in total. The van der Waals surface area contributed by atoms with E-state index in [0.29, 0.717) is 0 Å². The Labute approximate surface area is 196 Å². The molecular weight excluding hydrogens is 419 g/mol. The van der Waals surface area contributed by atoms with E-state index in [-0.39, 0.29) is 6.71 Å². The third-order valence-electron chi connectivity index (χ3n) is 7.00. The van der Waals surface area contributed by atoms with Crippen LogP contribution in [0.3, 0.4) is 0 Å². The largest absolute Gasteiger partial charge is 0.458 e. The zero-order valence-electron chi connectivity index (χ0n) is 18.1. The molecule has 0 bridgehead atoms. The van der Waals surface area contributed by atoms with Crippen LogP contribution in [0.5, 0.6) is 23.0 Å². The summed E-state index contributed by atoms with van der Waals surface area (Å²) < 4.78 is 18.9. The molecule has 6 aromatic rings. The van der Waals surface area contributed by atoms with E-state index in [1.165, 1.54) is 10.9 Å². The van der Waals surface area contributed by atoms with Crippen LogP contribution in [0.15, 0.2) is 108 Å². The summed E-state index contributed by atoms with van der Waals surface area (Å²) in [7, 11) is 0. The molecule has 2 aliphatic heterocycles. The number of rotatable bonds is 1. The lowest BCUT2D eigenvalue weighted by atomic mass is 9.35. The van der Waals surface area contributed by atoms with Gasteiger partial charge in [-0.3, -0.25) is 0 Å². The van der Waals surface area contributed by atoms with Crippen molar-refractivity contribution in [2.24, 2.45) is 0 Å². The maximum Gasteiger partial charge on any atom is 0.260 e. The summed E-state index contributed by atoms with van der Waals surface area (Å²) in [6.45, 7) is 0.0919. The zero-order chi connectivity index (χ0) is 22.2. The van der Waals surface area contributed by atoms with E-state index in [1.807, 2.05) is 48.5 Å². The molecule has 0 saturated carbocycles. The van der Waals surface area contributed by atoms with Crippen LogP contribution in [0, 0.1) is 0 Å². The van der Waals surface area contributed by atoms with Crippen molar-refractivity contribution in [2.75, 3.05) is 0 Å². The van der Waals surface area contributed by atoms with Gasteiger partial charge in [-0.25, -0.2) is 0 Å². The van der Waals surface area contributed by atoms with Gasteiger partial charge in [0.2, 0.25) is 0 Å². The Bertz CT molecular complexity index is 1710. The summed E-state index contributed by atoms with van der Waals surface area (Å²) in [6.07, 6.45) is 0. The minimum atomic E-state index is 0.0919. The standard InChI is InChI=1S/C30H17BO3/c1-4-10-24-20(7-1)21-15-18(13-14-25(21)32-24)19-16-28-30-29(17-19)34-27-12-6-3-9-23(27)31(30)22-8-2-5-11-26(22)33-28/h1-17H. The van der Waals surface area contributed by atoms with Crippen LogP contribution in [0.4, 0.5) is 0 Å². The number of fused-ring (bicyclic) bond motifs is 7. The molecular formula is C30H17BO3. The quantitative estimate of drug-likeness (QED) is 0.297. The van der Waals surface area contributed by atoms with Gasteiger partial charge in [0.05, 0.1) is 0 Å². The molecule has 8 rings (SSSR count). The fourth-order valence-electron chi connectivity index (χ4n) is 5.47. The van der Waals surface area contributed by atoms with Crippen molar-refractivity contribution < 1.29 is 13.9 Å². The highest BCUT2D eigenvalue weighted by atomic mass is 16.5. The van der Waals surface area contributed by atoms with E-state index in [1.54, 1.807) is 0 Å². The molecule has 0 atom stereocenters. The minimum absolute atomic E-state index is 0.0919. The maximum absolute atomic E-state index is 6.45. The molecule has 3 nitrogen and oxygen atoms in total. The number of furan rings is 1. The monoisotopic (exact) mass is 436 g/mol. The van der Waals surface area contributed by atoms with E-state index in [2.05, 4.69) is 54.6 Å². The summed E-state index contributed by atoms with van der Waals surface area (Å²) in [5.74, 6) is 3.50. The van der Waals surface area contributed by atoms with Gasteiger partial charge in [-0.2, -0.15) is 0 Å². The normalized spacial score (nSPS) is 13.1. The number of hydrogen-bond donors (Lipinski definition) is 0. The molecule has 1 aromatic heterocycles. The molecule has 0 saturated heterocycles. The van der Waals surface area contributed by atoms with Gasteiger partial charge >= 0.3 is 0 Å². The first-order chi connectivity index (χ1) is 16.8. The zero-order valence-corrected chi connectivity index (χ0v) is 18.1. The van der Waals surface area contributed by atoms with Crippen LogP contribution in [-0.2, 0) is 0 Å². The number of para-hydroxylation sites is 3. The van der Waals surface area contributed by atoms with E-state index >= 15 is 0 Å². The molecule has 3 heterocycles. The highest BCUT2D eigenvalue weighted by molar-refractivity contribution is 6.98. The molecule has 4 heteroatoms. The fraction of sp³-hybridized carbons (Fsp3) is 0. The average molecular weight is 436 g/mol. The first-order valence-electron chi connectivity index (χ1n) is 11.5. The first kappa shape index (κ1) is 18.0. The van der Waals surface area contributed by atoms with Crippen LogP contribution in [0.2, 0.25) is 0 Å². The molecule has 0 radical (unpaired) electrons. The molecule has 2 aliphatic rings. The third kappa shape index (κ3) is 2.42. The minimum Gasteiger partial charge on any atom is -0.458 e. The molecule has 0 unspecified atom stereocenters. The van der Waals surface area contributed by atoms with E-state index in [9.17, 15) is 0 Å². The van der Waals surface area contributed by atoms with Gasteiger partial charge in [-0.05, 0) is 64.5 Å². The highest BCUT2D eigenvalue weighted by Gasteiger charge is 2.40. The summed E-state index contributed by atoms with van der Waals surface area (Å²) in [5, 5.41) is 2.23. The first-order valence-corrected chi connectivity index (χ1v) is 11.5. The van der Waals surface area contributed by atoms with Gasteiger partial charge in [0.1, 0.15) is 34.2 Å². The molecule has 0 aliphatic carbocycles. The predicted molar refractivity (Wildman–Crippen MR) is 137 cm³/mol. The van der Waals surface area contributed by atoms with Crippen molar-refractivity contribution >= 4 is 45.0 Å². The van der Waals surface area contributed by atoms with Crippen molar-refractivity contribution in [2.45, 2.75) is 0 Å². The Morgan fingerprint density at radius 3 is 1.82 bits per heavy atom. The summed E-state index contributed by atoms with van der Waals surface area (Å²) >= 11 is 0. The molecule has 5 aromatic carbocycles. The lowest BCUT2D eigenvalue weighted by Crippen LogP contribution is -2.57. The van der Waals surface area contributed by atoms with Crippen LogP contribution >= 0.6 is 0 Å². The van der Waals surface area contributed by atoms with E-state index in [0.717, 1.165) is 61.5 Å². The van der Waals surface area contributed by atoms with Gasteiger partial charge in [0, 0.05) is 16.2 Å². The van der Waals surface area contributed by atoms with E-state index < -0.39 is 0 Å². The Hall–Kier alpha value is -4.44. The molecule has 0 amide bonds. The molecule has 0 spiro atoms. The predicted octanol–water partition coefficient (Wildman–Crippen LogP) is 5.98. The number of ether oxygens (including phenoxy) is 2. The van der Waals surface area contributed by atoms with Gasteiger partial charge in [0.25, 0.3) is 6.71 Å². The Morgan fingerprint density at radius 2 is 1.09 bits per heavy atom. The van der Waals surface area contributed by atoms with Gasteiger partial charge in [0.15, 0.2) is 0 Å². The molecule has 158 valence electrons. The van der Waals surface area contributed by atoms with Gasteiger partial charge in [-0.15, -0.1) is 0 Å². The number of hydrogen-bond acceptors (Lipinski definition) is 3. The Balaban J connectivity index is 1.36. The van der Waals surface area contributed by atoms with Crippen molar-refractivity contribution in [3.8, 4) is 34.1 Å². The number of benzene rings is 5. The second-order valence-corrected chi connectivity index (χ2v) is 8.91. The van der Waals surface area contributed by atoms with Crippen LogP contribution < -0.4 is 25.9 Å². The van der Waals surface area contributed by atoms with Crippen molar-refractivity contribution in [1.82, 2.24) is 0 Å². The Morgan fingerprint density at radius 1 is 0.471 bits per heavy atom. The third-order valence-corrected chi connectivity index (χ3v) is 7.00. The van der Waals surface area contributed by atoms with Crippen LogP contribution in [0.1, 0.15) is 0 Å². The molecule has 0 fully saturated rings. The summed E-state index contributed by atoms with van der Waals surface area (Å²) in [6, 6.07) is 35.4. The van der Waals surface area contributed by atoms with Crippen LogP contribution in [0.25, 0.3) is 33.1 Å². The lowest BCUT2D eigenvalue weighted by molar-refractivity contribution is 0.465. The van der Waals surface area contributed by atoms with Crippen LogP contribution in [-0.4, -0.2) is 6.71 Å². The smallest absolute Gasteiger partial charge is 0.260 e. The van der Waals surface area contributed by atoms with E-state index in [4.69, 9.17) is 13.9 Å². The Kier molecular flexibility index (Phi) is 3.48. The second kappa shape index (κ2) is 6.55. The fourth-order valence-corrected chi connectivity index (χ4v) is 5.47. The SMILES string of the molecule is c1ccc2c(c1)Oc1cc(-c3ccc4oc5ccccc5c4c3)cc3c1B2c1ccccc1O3. The summed E-state index contributed by atoms with van der Waals surface area (Å²) in [4.78, 5) is 0. The topological polar surface area (TPSA) is 31.6 Å². The maximum atomic E-state index is 6.45. The summed E-state index contributed by atoms with van der Waals surface area (Å²) in [5.41, 5.74) is 7.38. The average Bonchev–Trinajstić information content (AvgIpc) is 3.26. The highest BCUT2D eigenvalue weighted by Crippen LogP contribution is 2.39.